The summed E-state index contributed by atoms with van der Waals surface area (Å²) in [4.78, 5) is 0. The van der Waals surface area contributed by atoms with Gasteiger partial charge >= 0.3 is 0 Å². The molecule has 1 fully saturated rings. The third-order valence-corrected chi connectivity index (χ3v) is 3.91. The van der Waals surface area contributed by atoms with Gasteiger partial charge in [-0.05, 0) is 43.9 Å². The summed E-state index contributed by atoms with van der Waals surface area (Å²) in [5.74, 6) is 1.87. The van der Waals surface area contributed by atoms with E-state index < -0.39 is 0 Å². The summed E-state index contributed by atoms with van der Waals surface area (Å²) in [6.07, 6.45) is 9.64. The molecule has 0 nitrogen and oxygen atoms in total. The van der Waals surface area contributed by atoms with Crippen LogP contribution < -0.4 is 0 Å². The quantitative estimate of drug-likeness (QED) is 0.463. The first-order valence-electron chi connectivity index (χ1n) is 4.67. The molecule has 1 heteroatoms. The SMILES string of the molecule is BrC[C@H]1CC[C@@H]2CCCC=C21. The van der Waals surface area contributed by atoms with E-state index in [-0.39, 0.29) is 0 Å². The van der Waals surface area contributed by atoms with Crippen molar-refractivity contribution in [3.05, 3.63) is 11.6 Å². The zero-order chi connectivity index (χ0) is 7.68. The number of rotatable bonds is 1. The molecule has 0 saturated heterocycles. The molecule has 2 rings (SSSR count). The topological polar surface area (TPSA) is 0 Å². The molecule has 1 saturated carbocycles. The molecule has 0 aromatic carbocycles. The molecule has 0 spiro atoms. The first kappa shape index (κ1) is 7.85. The highest BCUT2D eigenvalue weighted by molar-refractivity contribution is 9.09. The molecular weight excluding hydrogens is 200 g/mol. The van der Waals surface area contributed by atoms with Gasteiger partial charge in [0.15, 0.2) is 0 Å². The normalized spacial score (nSPS) is 36.6. The van der Waals surface area contributed by atoms with E-state index in [0.29, 0.717) is 0 Å². The molecule has 62 valence electrons. The van der Waals surface area contributed by atoms with Gasteiger partial charge in [0, 0.05) is 5.33 Å². The number of fused-ring (bicyclic) bond motifs is 1. The van der Waals surface area contributed by atoms with Crippen molar-refractivity contribution in [1.29, 1.82) is 0 Å². The first-order chi connectivity index (χ1) is 5.42. The number of halogens is 1. The second kappa shape index (κ2) is 3.30. The third-order valence-electron chi connectivity index (χ3n) is 3.13. The fraction of sp³-hybridized carbons (Fsp3) is 0.800. The predicted molar refractivity (Wildman–Crippen MR) is 51.9 cm³/mol. The van der Waals surface area contributed by atoms with Gasteiger partial charge in [0.05, 0.1) is 0 Å². The Bertz CT molecular complexity index is 172. The summed E-state index contributed by atoms with van der Waals surface area (Å²) in [7, 11) is 0. The number of allylic oxidation sites excluding steroid dienone is 2. The van der Waals surface area contributed by atoms with Gasteiger partial charge in [-0.3, -0.25) is 0 Å². The minimum absolute atomic E-state index is 0.889. The maximum atomic E-state index is 3.60. The van der Waals surface area contributed by atoms with Crippen molar-refractivity contribution in [2.45, 2.75) is 32.1 Å². The Hall–Kier alpha value is 0.220. The maximum absolute atomic E-state index is 3.60. The van der Waals surface area contributed by atoms with Gasteiger partial charge in [-0.15, -0.1) is 0 Å². The van der Waals surface area contributed by atoms with Crippen LogP contribution in [-0.2, 0) is 0 Å². The summed E-state index contributed by atoms with van der Waals surface area (Å²) in [5, 5.41) is 1.19. The van der Waals surface area contributed by atoms with Gasteiger partial charge < -0.3 is 0 Å². The molecule has 0 aliphatic heterocycles. The van der Waals surface area contributed by atoms with Gasteiger partial charge in [0.25, 0.3) is 0 Å². The number of hydrogen-bond acceptors (Lipinski definition) is 0. The van der Waals surface area contributed by atoms with Crippen molar-refractivity contribution < 1.29 is 0 Å². The Labute approximate surface area is 77.2 Å². The lowest BCUT2D eigenvalue weighted by Crippen LogP contribution is -2.07. The van der Waals surface area contributed by atoms with Crippen molar-refractivity contribution in [3.8, 4) is 0 Å². The highest BCUT2D eigenvalue weighted by Crippen LogP contribution is 2.42. The van der Waals surface area contributed by atoms with Crippen LogP contribution in [0.2, 0.25) is 0 Å². The van der Waals surface area contributed by atoms with Gasteiger partial charge in [-0.25, -0.2) is 0 Å². The molecule has 2 aliphatic carbocycles. The van der Waals surface area contributed by atoms with E-state index in [9.17, 15) is 0 Å². The third kappa shape index (κ3) is 1.40. The fourth-order valence-corrected chi connectivity index (χ4v) is 3.21. The number of alkyl halides is 1. The molecule has 2 aliphatic rings. The maximum Gasteiger partial charge on any atom is 0.00970 e. The Morgan fingerprint density at radius 3 is 3.09 bits per heavy atom. The van der Waals surface area contributed by atoms with Crippen LogP contribution in [0, 0.1) is 11.8 Å². The van der Waals surface area contributed by atoms with Gasteiger partial charge in [-0.2, -0.15) is 0 Å². The van der Waals surface area contributed by atoms with Gasteiger partial charge in [0.2, 0.25) is 0 Å². The van der Waals surface area contributed by atoms with Crippen molar-refractivity contribution in [3.63, 3.8) is 0 Å². The van der Waals surface area contributed by atoms with E-state index in [1.165, 1.54) is 37.4 Å². The van der Waals surface area contributed by atoms with Crippen LogP contribution in [0.5, 0.6) is 0 Å². The summed E-state index contributed by atoms with van der Waals surface area (Å²) in [6, 6.07) is 0. The molecule has 0 bridgehead atoms. The summed E-state index contributed by atoms with van der Waals surface area (Å²) in [5.41, 5.74) is 1.79. The van der Waals surface area contributed by atoms with E-state index in [2.05, 4.69) is 22.0 Å². The van der Waals surface area contributed by atoms with Crippen molar-refractivity contribution in [2.24, 2.45) is 11.8 Å². The van der Waals surface area contributed by atoms with Crippen LogP contribution in [0.1, 0.15) is 32.1 Å². The minimum Gasteiger partial charge on any atom is -0.0922 e. The molecule has 0 aromatic heterocycles. The lowest BCUT2D eigenvalue weighted by atomic mass is 9.88. The Morgan fingerprint density at radius 1 is 1.36 bits per heavy atom. The highest BCUT2D eigenvalue weighted by atomic mass is 79.9. The first-order valence-corrected chi connectivity index (χ1v) is 5.80. The lowest BCUT2D eigenvalue weighted by Gasteiger charge is -2.19. The van der Waals surface area contributed by atoms with Crippen molar-refractivity contribution in [1.82, 2.24) is 0 Å². The molecule has 2 atom stereocenters. The second-order valence-electron chi connectivity index (χ2n) is 3.76. The Kier molecular flexibility index (Phi) is 2.36. The van der Waals surface area contributed by atoms with Crippen LogP contribution in [0.25, 0.3) is 0 Å². The van der Waals surface area contributed by atoms with Crippen molar-refractivity contribution in [2.75, 3.05) is 5.33 Å². The summed E-state index contributed by atoms with van der Waals surface area (Å²) < 4.78 is 0. The van der Waals surface area contributed by atoms with E-state index in [1.807, 2.05) is 0 Å². The molecule has 0 N–H and O–H groups in total. The molecule has 11 heavy (non-hydrogen) atoms. The smallest absolute Gasteiger partial charge is 0.00970 e. The summed E-state index contributed by atoms with van der Waals surface area (Å²) >= 11 is 3.60. The van der Waals surface area contributed by atoms with Crippen LogP contribution >= 0.6 is 15.9 Å². The fourth-order valence-electron chi connectivity index (χ4n) is 2.51. The average Bonchev–Trinajstić information content (AvgIpc) is 2.47. The van der Waals surface area contributed by atoms with E-state index >= 15 is 0 Å². The minimum atomic E-state index is 0.889. The highest BCUT2D eigenvalue weighted by Gasteiger charge is 2.30. The van der Waals surface area contributed by atoms with E-state index in [1.54, 1.807) is 5.57 Å². The van der Waals surface area contributed by atoms with E-state index in [4.69, 9.17) is 0 Å². The standard InChI is InChI=1S/C10H15Br/c11-7-9-6-5-8-3-1-2-4-10(8)9/h4,8-9H,1-3,5-7H2/t8-,9+/m0/s1. The monoisotopic (exact) mass is 214 g/mol. The average molecular weight is 215 g/mol. The van der Waals surface area contributed by atoms with Crippen LogP contribution in [0.15, 0.2) is 11.6 Å². The van der Waals surface area contributed by atoms with Crippen molar-refractivity contribution >= 4 is 15.9 Å². The second-order valence-corrected chi connectivity index (χ2v) is 4.41. The Morgan fingerprint density at radius 2 is 2.27 bits per heavy atom. The number of hydrogen-bond donors (Lipinski definition) is 0. The van der Waals surface area contributed by atoms with Crippen LogP contribution in [0.3, 0.4) is 0 Å². The Balaban J connectivity index is 2.13. The van der Waals surface area contributed by atoms with Gasteiger partial charge in [-0.1, -0.05) is 27.6 Å². The lowest BCUT2D eigenvalue weighted by molar-refractivity contribution is 0.525. The molecule has 0 radical (unpaired) electrons. The van der Waals surface area contributed by atoms with Gasteiger partial charge in [0.1, 0.15) is 0 Å². The zero-order valence-electron chi connectivity index (χ0n) is 6.85. The van der Waals surface area contributed by atoms with Crippen LogP contribution in [0.4, 0.5) is 0 Å². The zero-order valence-corrected chi connectivity index (χ0v) is 8.44. The largest absolute Gasteiger partial charge is 0.0922 e. The molecule has 0 aromatic rings. The predicted octanol–water partition coefficient (Wildman–Crippen LogP) is 3.52. The molecule has 0 heterocycles. The molecular formula is C10H15Br. The molecule has 0 unspecified atom stereocenters. The molecule has 0 amide bonds. The van der Waals surface area contributed by atoms with Crippen LogP contribution in [-0.4, -0.2) is 5.33 Å². The van der Waals surface area contributed by atoms with E-state index in [0.717, 1.165) is 11.8 Å². The summed E-state index contributed by atoms with van der Waals surface area (Å²) in [6.45, 7) is 0.